The Labute approximate surface area is 176 Å². The van der Waals surface area contributed by atoms with E-state index in [9.17, 15) is 9.59 Å². The van der Waals surface area contributed by atoms with Crippen molar-refractivity contribution in [3.8, 4) is 5.75 Å². The summed E-state index contributed by atoms with van der Waals surface area (Å²) in [5.74, 6) is 0.544. The third-order valence-corrected chi connectivity index (χ3v) is 5.21. The summed E-state index contributed by atoms with van der Waals surface area (Å²) < 4.78 is 5.40. The quantitative estimate of drug-likeness (QED) is 0.773. The second-order valence-corrected chi connectivity index (χ2v) is 7.21. The smallest absolute Gasteiger partial charge is 0.255 e. The molecule has 29 heavy (non-hydrogen) atoms. The lowest BCUT2D eigenvalue weighted by Gasteiger charge is -2.36. The van der Waals surface area contributed by atoms with E-state index in [2.05, 4.69) is 10.2 Å². The van der Waals surface area contributed by atoms with Gasteiger partial charge in [0.2, 0.25) is 5.91 Å². The van der Waals surface area contributed by atoms with Crippen LogP contribution in [0.25, 0.3) is 0 Å². The number of ether oxygens (including phenoxy) is 1. The van der Waals surface area contributed by atoms with Crippen LogP contribution in [-0.2, 0) is 4.79 Å². The van der Waals surface area contributed by atoms with Crippen LogP contribution in [0.2, 0.25) is 5.02 Å². The average Bonchev–Trinajstić information content (AvgIpc) is 2.75. The normalized spacial score (nSPS) is 13.9. The van der Waals surface area contributed by atoms with Gasteiger partial charge in [-0.05, 0) is 49.4 Å². The van der Waals surface area contributed by atoms with Crippen LogP contribution in [0.5, 0.6) is 5.75 Å². The van der Waals surface area contributed by atoms with Gasteiger partial charge in [-0.15, -0.1) is 0 Å². The van der Waals surface area contributed by atoms with E-state index in [1.54, 1.807) is 18.2 Å². The molecule has 1 aliphatic heterocycles. The Kier molecular flexibility index (Phi) is 6.99. The van der Waals surface area contributed by atoms with Gasteiger partial charge in [-0.25, -0.2) is 0 Å². The van der Waals surface area contributed by atoms with Crippen LogP contribution in [0, 0.1) is 0 Å². The number of benzene rings is 2. The first-order valence-electron chi connectivity index (χ1n) is 9.88. The number of hydrogen-bond donors (Lipinski definition) is 1. The SMILES string of the molecule is CCOc1ccc(C(=O)Nc2ccc(N3CCN(C(=O)CC)CC3)cc2)cc1Cl. The molecule has 1 saturated heterocycles. The summed E-state index contributed by atoms with van der Waals surface area (Å²) in [4.78, 5) is 28.4. The molecule has 2 amide bonds. The van der Waals surface area contributed by atoms with Gasteiger partial charge in [0, 0.05) is 49.5 Å². The van der Waals surface area contributed by atoms with Crippen molar-refractivity contribution in [2.75, 3.05) is 43.0 Å². The Morgan fingerprint density at radius 1 is 1.03 bits per heavy atom. The zero-order valence-corrected chi connectivity index (χ0v) is 17.5. The first-order chi connectivity index (χ1) is 14.0. The molecule has 0 atom stereocenters. The van der Waals surface area contributed by atoms with Gasteiger partial charge in [0.05, 0.1) is 11.6 Å². The van der Waals surface area contributed by atoms with Crippen LogP contribution in [-0.4, -0.2) is 49.5 Å². The molecule has 1 aliphatic rings. The summed E-state index contributed by atoms with van der Waals surface area (Å²) in [6.45, 7) is 7.38. The van der Waals surface area contributed by atoms with E-state index in [0.717, 1.165) is 31.9 Å². The van der Waals surface area contributed by atoms with Gasteiger partial charge >= 0.3 is 0 Å². The predicted molar refractivity (Wildman–Crippen MR) is 116 cm³/mol. The third-order valence-electron chi connectivity index (χ3n) is 4.92. The number of carbonyl (C=O) groups excluding carboxylic acids is 2. The van der Waals surface area contributed by atoms with Gasteiger partial charge in [0.1, 0.15) is 5.75 Å². The van der Waals surface area contributed by atoms with Gasteiger partial charge in [-0.1, -0.05) is 18.5 Å². The van der Waals surface area contributed by atoms with E-state index < -0.39 is 0 Å². The minimum absolute atomic E-state index is 0.206. The lowest BCUT2D eigenvalue weighted by Crippen LogP contribution is -2.48. The molecule has 3 rings (SSSR count). The van der Waals surface area contributed by atoms with Crippen molar-refractivity contribution >= 4 is 34.8 Å². The molecular weight excluding hydrogens is 390 g/mol. The monoisotopic (exact) mass is 415 g/mol. The van der Waals surface area contributed by atoms with Crippen molar-refractivity contribution in [2.24, 2.45) is 0 Å². The Morgan fingerprint density at radius 3 is 2.31 bits per heavy atom. The number of anilines is 2. The van der Waals surface area contributed by atoms with Crippen LogP contribution in [0.15, 0.2) is 42.5 Å². The van der Waals surface area contributed by atoms with Gasteiger partial charge in [-0.2, -0.15) is 0 Å². The summed E-state index contributed by atoms with van der Waals surface area (Å²) in [5.41, 5.74) is 2.26. The fraction of sp³-hybridized carbons (Fsp3) is 0.364. The van der Waals surface area contributed by atoms with Crippen molar-refractivity contribution in [1.82, 2.24) is 4.90 Å². The molecule has 0 aromatic heterocycles. The van der Waals surface area contributed by atoms with Crippen molar-refractivity contribution in [1.29, 1.82) is 0 Å². The van der Waals surface area contributed by atoms with Gasteiger partial charge in [-0.3, -0.25) is 9.59 Å². The molecule has 0 saturated carbocycles. The fourth-order valence-electron chi connectivity index (χ4n) is 3.31. The highest BCUT2D eigenvalue weighted by molar-refractivity contribution is 6.32. The van der Waals surface area contributed by atoms with Gasteiger partial charge in [0.15, 0.2) is 0 Å². The third kappa shape index (κ3) is 5.21. The number of piperazine rings is 1. The van der Waals surface area contributed by atoms with Gasteiger partial charge in [0.25, 0.3) is 5.91 Å². The van der Waals surface area contributed by atoms with Crippen LogP contribution in [0.1, 0.15) is 30.6 Å². The molecule has 0 aliphatic carbocycles. The maximum atomic E-state index is 12.5. The molecule has 1 N–H and O–H groups in total. The molecule has 7 heteroatoms. The fourth-order valence-corrected chi connectivity index (χ4v) is 3.55. The summed E-state index contributed by atoms with van der Waals surface area (Å²) in [6.07, 6.45) is 0.550. The van der Waals surface area contributed by atoms with E-state index in [-0.39, 0.29) is 11.8 Å². The molecule has 0 radical (unpaired) electrons. The van der Waals surface area contributed by atoms with Crippen LogP contribution in [0.3, 0.4) is 0 Å². The zero-order valence-electron chi connectivity index (χ0n) is 16.8. The molecule has 2 aromatic carbocycles. The Morgan fingerprint density at radius 2 is 1.72 bits per heavy atom. The van der Waals surface area contributed by atoms with E-state index in [1.165, 1.54) is 0 Å². The van der Waals surface area contributed by atoms with Crippen molar-refractivity contribution in [3.05, 3.63) is 53.1 Å². The van der Waals surface area contributed by atoms with Crippen LogP contribution < -0.4 is 15.0 Å². The number of nitrogens with zero attached hydrogens (tertiary/aromatic N) is 2. The number of nitrogens with one attached hydrogen (secondary N) is 1. The van der Waals surface area contributed by atoms with Crippen LogP contribution >= 0.6 is 11.6 Å². The summed E-state index contributed by atoms with van der Waals surface area (Å²) in [6, 6.07) is 12.7. The second kappa shape index (κ2) is 9.65. The first kappa shape index (κ1) is 21.0. The molecule has 2 aromatic rings. The minimum atomic E-state index is -0.227. The molecule has 6 nitrogen and oxygen atoms in total. The van der Waals surface area contributed by atoms with Crippen molar-refractivity contribution in [2.45, 2.75) is 20.3 Å². The predicted octanol–water partition coefficient (Wildman–Crippen LogP) is 4.05. The number of hydrogen-bond acceptors (Lipinski definition) is 4. The molecule has 0 spiro atoms. The largest absolute Gasteiger partial charge is 0.492 e. The van der Waals surface area contributed by atoms with E-state index in [4.69, 9.17) is 16.3 Å². The molecule has 154 valence electrons. The van der Waals surface area contributed by atoms with E-state index in [1.807, 2.05) is 43.0 Å². The Hall–Kier alpha value is -2.73. The first-order valence-corrected chi connectivity index (χ1v) is 10.3. The number of amides is 2. The Bertz CT molecular complexity index is 862. The molecular formula is C22H26ClN3O3. The van der Waals surface area contributed by atoms with Crippen molar-refractivity contribution < 1.29 is 14.3 Å². The maximum absolute atomic E-state index is 12.5. The average molecular weight is 416 g/mol. The van der Waals surface area contributed by atoms with Gasteiger partial charge < -0.3 is 19.9 Å². The summed E-state index contributed by atoms with van der Waals surface area (Å²) in [5, 5.41) is 3.30. The second-order valence-electron chi connectivity index (χ2n) is 6.80. The van der Waals surface area contributed by atoms with Crippen LogP contribution in [0.4, 0.5) is 11.4 Å². The minimum Gasteiger partial charge on any atom is -0.492 e. The molecule has 1 heterocycles. The summed E-state index contributed by atoms with van der Waals surface area (Å²) in [7, 11) is 0. The van der Waals surface area contributed by atoms with E-state index >= 15 is 0 Å². The topological polar surface area (TPSA) is 61.9 Å². The lowest BCUT2D eigenvalue weighted by atomic mass is 10.2. The highest BCUT2D eigenvalue weighted by atomic mass is 35.5. The lowest BCUT2D eigenvalue weighted by molar-refractivity contribution is -0.131. The highest BCUT2D eigenvalue weighted by Gasteiger charge is 2.20. The molecule has 1 fully saturated rings. The number of carbonyl (C=O) groups is 2. The standard InChI is InChI=1S/C22H26ClN3O3/c1-3-21(27)26-13-11-25(12-14-26)18-8-6-17(7-9-18)24-22(28)16-5-10-20(29-4-2)19(23)15-16/h5-10,15H,3-4,11-14H2,1-2H3,(H,24,28). The van der Waals surface area contributed by atoms with E-state index in [0.29, 0.717) is 35.1 Å². The molecule has 0 unspecified atom stereocenters. The number of rotatable bonds is 6. The number of halogens is 1. The highest BCUT2D eigenvalue weighted by Crippen LogP contribution is 2.26. The maximum Gasteiger partial charge on any atom is 0.255 e. The summed E-state index contributed by atoms with van der Waals surface area (Å²) >= 11 is 6.17. The van der Waals surface area contributed by atoms with Crippen molar-refractivity contribution in [3.63, 3.8) is 0 Å². The zero-order chi connectivity index (χ0) is 20.8. The molecule has 0 bridgehead atoms. The Balaban J connectivity index is 1.59.